The molecular weight excluding hydrogens is 503 g/mol. The molecule has 162 valence electrons. The van der Waals surface area contributed by atoms with E-state index < -0.39 is 0 Å². The van der Waals surface area contributed by atoms with E-state index in [2.05, 4.69) is 29.3 Å². The molecular formula is C21H32ClIN4O2. The number of hydrogen-bond acceptors (Lipinski definition) is 3. The number of carbonyl (C=O) groups excluding carboxylic acids is 1. The summed E-state index contributed by atoms with van der Waals surface area (Å²) in [6.45, 7) is 7.49. The van der Waals surface area contributed by atoms with E-state index in [4.69, 9.17) is 21.3 Å². The third-order valence-corrected chi connectivity index (χ3v) is 5.48. The zero-order valence-corrected chi connectivity index (χ0v) is 20.2. The van der Waals surface area contributed by atoms with Crippen LogP contribution in [0.5, 0.6) is 0 Å². The molecule has 0 radical (unpaired) electrons. The molecule has 29 heavy (non-hydrogen) atoms. The molecule has 1 amide bonds. The summed E-state index contributed by atoms with van der Waals surface area (Å²) in [7, 11) is 0. The molecule has 2 heterocycles. The van der Waals surface area contributed by atoms with E-state index in [0.29, 0.717) is 6.61 Å². The number of hydrogen-bond donors (Lipinski definition) is 1. The molecule has 2 saturated heterocycles. The van der Waals surface area contributed by atoms with Crippen molar-refractivity contribution in [1.29, 1.82) is 0 Å². The van der Waals surface area contributed by atoms with Crippen molar-refractivity contribution < 1.29 is 9.53 Å². The van der Waals surface area contributed by atoms with Crippen molar-refractivity contribution in [2.24, 2.45) is 4.99 Å². The Balaban J connectivity index is 0.00000300. The quantitative estimate of drug-likeness (QED) is 0.264. The molecule has 1 aromatic carbocycles. The molecule has 0 bridgehead atoms. The van der Waals surface area contributed by atoms with Gasteiger partial charge in [0.25, 0.3) is 5.91 Å². The highest BCUT2D eigenvalue weighted by Crippen LogP contribution is 2.16. The number of aryl methyl sites for hydroxylation is 1. The van der Waals surface area contributed by atoms with Crippen LogP contribution in [0.25, 0.3) is 0 Å². The average Bonchev–Trinajstić information content (AvgIpc) is 3.26. The van der Waals surface area contributed by atoms with E-state index in [-0.39, 0.29) is 36.0 Å². The molecule has 3 rings (SSSR count). The van der Waals surface area contributed by atoms with Gasteiger partial charge in [0.2, 0.25) is 0 Å². The smallest absolute Gasteiger partial charge is 0.251 e. The van der Waals surface area contributed by atoms with Crippen molar-refractivity contribution in [1.82, 2.24) is 15.1 Å². The van der Waals surface area contributed by atoms with E-state index >= 15 is 0 Å². The number of rotatable bonds is 6. The van der Waals surface area contributed by atoms with Crippen LogP contribution in [0.2, 0.25) is 5.02 Å². The number of benzene rings is 1. The Kier molecular flexibility index (Phi) is 10.5. The van der Waals surface area contributed by atoms with E-state index in [9.17, 15) is 4.79 Å². The van der Waals surface area contributed by atoms with Crippen LogP contribution < -0.4 is 5.32 Å². The van der Waals surface area contributed by atoms with Crippen LogP contribution in [0.1, 0.15) is 31.7 Å². The number of carbonyl (C=O) groups is 1. The first-order valence-electron chi connectivity index (χ1n) is 10.4. The first kappa shape index (κ1) is 24.2. The van der Waals surface area contributed by atoms with Crippen molar-refractivity contribution >= 4 is 47.4 Å². The minimum Gasteiger partial charge on any atom is -0.368 e. The molecule has 1 N–H and O–H groups in total. The molecule has 2 aliphatic heterocycles. The SMILES string of the molecule is CCNC(=NCCCc1ccc(Cl)cc1)N1CCN(C(=O)C2CCCO2)CC1.I. The van der Waals surface area contributed by atoms with Crippen molar-refractivity contribution in [3.8, 4) is 0 Å². The van der Waals surface area contributed by atoms with E-state index in [1.54, 1.807) is 0 Å². The van der Waals surface area contributed by atoms with Gasteiger partial charge in [-0.3, -0.25) is 9.79 Å². The number of guanidine groups is 1. The van der Waals surface area contributed by atoms with Crippen LogP contribution in [0.4, 0.5) is 0 Å². The Bertz CT molecular complexity index is 657. The number of halogens is 2. The van der Waals surface area contributed by atoms with Crippen molar-refractivity contribution in [2.75, 3.05) is 45.9 Å². The molecule has 0 aromatic heterocycles. The fourth-order valence-corrected chi connectivity index (χ4v) is 3.79. The molecule has 6 nitrogen and oxygen atoms in total. The lowest BCUT2D eigenvalue weighted by Gasteiger charge is -2.37. The predicted octanol–water partition coefficient (Wildman–Crippen LogP) is 3.18. The molecule has 1 aromatic rings. The van der Waals surface area contributed by atoms with Crippen LogP contribution in [0.15, 0.2) is 29.3 Å². The molecule has 8 heteroatoms. The number of aliphatic imine (C=N–C) groups is 1. The first-order valence-corrected chi connectivity index (χ1v) is 10.7. The number of nitrogens with zero attached hydrogens (tertiary/aromatic N) is 3. The van der Waals surface area contributed by atoms with Gasteiger partial charge < -0.3 is 19.9 Å². The number of ether oxygens (including phenoxy) is 1. The van der Waals surface area contributed by atoms with Gasteiger partial charge in [0.15, 0.2) is 5.96 Å². The highest BCUT2D eigenvalue weighted by Gasteiger charge is 2.30. The maximum absolute atomic E-state index is 12.5. The monoisotopic (exact) mass is 534 g/mol. The lowest BCUT2D eigenvalue weighted by Crippen LogP contribution is -2.55. The standard InChI is InChI=1S/C21H31ClN4O2.HI/c1-2-23-21(24-11-3-5-17-7-9-18(22)10-8-17)26-14-12-25(13-15-26)20(27)19-6-4-16-28-19;/h7-10,19H,2-6,11-16H2,1H3,(H,23,24);1H. The molecule has 1 atom stereocenters. The van der Waals surface area contributed by atoms with E-state index in [1.165, 1.54) is 5.56 Å². The van der Waals surface area contributed by atoms with Gasteiger partial charge in [-0.2, -0.15) is 0 Å². The van der Waals surface area contributed by atoms with Crippen LogP contribution in [-0.4, -0.2) is 73.6 Å². The van der Waals surface area contributed by atoms with Gasteiger partial charge in [0.1, 0.15) is 6.10 Å². The second-order valence-corrected chi connectivity index (χ2v) is 7.72. The zero-order chi connectivity index (χ0) is 19.8. The second kappa shape index (κ2) is 12.6. The molecule has 0 saturated carbocycles. The van der Waals surface area contributed by atoms with Crippen molar-refractivity contribution in [3.05, 3.63) is 34.9 Å². The third kappa shape index (κ3) is 7.29. The topological polar surface area (TPSA) is 57.2 Å². The highest BCUT2D eigenvalue weighted by molar-refractivity contribution is 14.0. The number of amides is 1. The number of piperazine rings is 1. The van der Waals surface area contributed by atoms with Gasteiger partial charge in [-0.15, -0.1) is 24.0 Å². The van der Waals surface area contributed by atoms with Crippen molar-refractivity contribution in [2.45, 2.75) is 38.7 Å². The van der Waals surface area contributed by atoms with Crippen LogP contribution in [0, 0.1) is 0 Å². The van der Waals surface area contributed by atoms with E-state index in [0.717, 1.165) is 75.9 Å². The minimum absolute atomic E-state index is 0. The fourth-order valence-electron chi connectivity index (χ4n) is 3.66. The summed E-state index contributed by atoms with van der Waals surface area (Å²) in [6, 6.07) is 8.01. The Morgan fingerprint density at radius 1 is 1.21 bits per heavy atom. The summed E-state index contributed by atoms with van der Waals surface area (Å²) in [6.07, 6.45) is 3.61. The summed E-state index contributed by atoms with van der Waals surface area (Å²) in [5.41, 5.74) is 1.28. The second-order valence-electron chi connectivity index (χ2n) is 7.28. The summed E-state index contributed by atoms with van der Waals surface area (Å²) >= 11 is 5.93. The Morgan fingerprint density at radius 3 is 2.52 bits per heavy atom. The van der Waals surface area contributed by atoms with Crippen molar-refractivity contribution in [3.63, 3.8) is 0 Å². The lowest BCUT2D eigenvalue weighted by molar-refractivity contribution is -0.142. The van der Waals surface area contributed by atoms with E-state index in [1.807, 2.05) is 17.0 Å². The van der Waals surface area contributed by atoms with Gasteiger partial charge in [-0.1, -0.05) is 23.7 Å². The molecule has 2 aliphatic rings. The Hall–Kier alpha value is -1.06. The van der Waals surface area contributed by atoms with Gasteiger partial charge >= 0.3 is 0 Å². The normalized spacial score (nSPS) is 19.8. The molecule has 0 aliphatic carbocycles. The third-order valence-electron chi connectivity index (χ3n) is 5.23. The Labute approximate surface area is 196 Å². The van der Waals surface area contributed by atoms with Crippen LogP contribution >= 0.6 is 35.6 Å². The van der Waals surface area contributed by atoms with Gasteiger partial charge in [-0.25, -0.2) is 0 Å². The van der Waals surface area contributed by atoms with Gasteiger partial charge in [-0.05, 0) is 50.3 Å². The first-order chi connectivity index (χ1) is 13.7. The maximum atomic E-state index is 12.5. The van der Waals surface area contributed by atoms with Gasteiger partial charge in [0.05, 0.1) is 0 Å². The van der Waals surface area contributed by atoms with Gasteiger partial charge in [0, 0.05) is 50.9 Å². The largest absolute Gasteiger partial charge is 0.368 e. The average molecular weight is 535 g/mol. The maximum Gasteiger partial charge on any atom is 0.251 e. The summed E-state index contributed by atoms with van der Waals surface area (Å²) in [5.74, 6) is 1.10. The summed E-state index contributed by atoms with van der Waals surface area (Å²) < 4.78 is 5.54. The highest BCUT2D eigenvalue weighted by atomic mass is 127. The molecule has 2 fully saturated rings. The predicted molar refractivity (Wildman–Crippen MR) is 128 cm³/mol. The molecule has 1 unspecified atom stereocenters. The number of nitrogens with one attached hydrogen (secondary N) is 1. The summed E-state index contributed by atoms with van der Waals surface area (Å²) in [5, 5.41) is 4.16. The molecule has 0 spiro atoms. The Morgan fingerprint density at radius 2 is 1.90 bits per heavy atom. The van der Waals surface area contributed by atoms with Crippen LogP contribution in [-0.2, 0) is 16.0 Å². The minimum atomic E-state index is -0.221. The zero-order valence-electron chi connectivity index (χ0n) is 17.1. The van der Waals surface area contributed by atoms with Crippen LogP contribution in [0.3, 0.4) is 0 Å². The summed E-state index contributed by atoms with van der Waals surface area (Å²) in [4.78, 5) is 21.5. The fraction of sp³-hybridized carbons (Fsp3) is 0.619. The lowest BCUT2D eigenvalue weighted by atomic mass is 10.1.